The van der Waals surface area contributed by atoms with Crippen molar-refractivity contribution in [3.8, 4) is 5.75 Å². The summed E-state index contributed by atoms with van der Waals surface area (Å²) in [6.45, 7) is 3.18. The van der Waals surface area contributed by atoms with Crippen LogP contribution in [0.4, 0.5) is 5.69 Å². The Balaban J connectivity index is 2.00. The molecular formula is C17H20N2O4S. The Labute approximate surface area is 141 Å². The summed E-state index contributed by atoms with van der Waals surface area (Å²) < 4.78 is 32.0. The van der Waals surface area contributed by atoms with Crippen molar-refractivity contribution in [2.45, 2.75) is 18.7 Å². The van der Waals surface area contributed by atoms with Crippen LogP contribution in [0.1, 0.15) is 11.1 Å². The van der Waals surface area contributed by atoms with Gasteiger partial charge in [0.25, 0.3) is 0 Å². The molecule has 128 valence electrons. The highest BCUT2D eigenvalue weighted by atomic mass is 32.2. The van der Waals surface area contributed by atoms with E-state index in [0.29, 0.717) is 17.0 Å². The molecule has 0 fully saturated rings. The number of ether oxygens (including phenoxy) is 1. The maximum absolute atomic E-state index is 12.3. The number of hydrogen-bond acceptors (Lipinski definition) is 4. The number of amides is 1. The van der Waals surface area contributed by atoms with Crippen molar-refractivity contribution < 1.29 is 17.9 Å². The van der Waals surface area contributed by atoms with Gasteiger partial charge in [0.2, 0.25) is 15.9 Å². The zero-order chi connectivity index (χ0) is 17.7. The number of carbonyl (C=O) groups excluding carboxylic acids is 1. The second kappa shape index (κ2) is 7.46. The Morgan fingerprint density at radius 1 is 1.08 bits per heavy atom. The molecule has 24 heavy (non-hydrogen) atoms. The predicted octanol–water partition coefficient (Wildman–Crippen LogP) is 2.23. The second-order valence-corrected chi connectivity index (χ2v) is 7.11. The van der Waals surface area contributed by atoms with Crippen LogP contribution >= 0.6 is 0 Å². The zero-order valence-electron chi connectivity index (χ0n) is 13.8. The van der Waals surface area contributed by atoms with Gasteiger partial charge in [-0.05, 0) is 55.3 Å². The molecule has 0 bridgehead atoms. The van der Waals surface area contributed by atoms with Gasteiger partial charge < -0.3 is 10.1 Å². The standard InChI is InChI=1S/C17H20N2O4S/c1-12-4-5-13(2)16(10-12)24(21,22)18-11-17(20)19-14-6-8-15(23-3)9-7-14/h4-10,18H,11H2,1-3H3,(H,19,20). The molecule has 0 aliphatic carbocycles. The summed E-state index contributed by atoms with van der Waals surface area (Å²) in [5.74, 6) is 0.220. The van der Waals surface area contributed by atoms with Crippen LogP contribution in [0.2, 0.25) is 0 Å². The molecule has 2 rings (SSSR count). The first kappa shape index (κ1) is 18.0. The monoisotopic (exact) mass is 348 g/mol. The molecular weight excluding hydrogens is 328 g/mol. The quantitative estimate of drug-likeness (QED) is 0.838. The SMILES string of the molecule is COc1ccc(NC(=O)CNS(=O)(=O)c2cc(C)ccc2C)cc1. The third-order valence-corrected chi connectivity index (χ3v) is 4.97. The van der Waals surface area contributed by atoms with Crippen LogP contribution in [0.15, 0.2) is 47.4 Å². The average molecular weight is 348 g/mol. The van der Waals surface area contributed by atoms with Crippen molar-refractivity contribution in [2.24, 2.45) is 0 Å². The lowest BCUT2D eigenvalue weighted by Gasteiger charge is -2.10. The topological polar surface area (TPSA) is 84.5 Å². The molecule has 2 aromatic carbocycles. The summed E-state index contributed by atoms with van der Waals surface area (Å²) in [6.07, 6.45) is 0. The van der Waals surface area contributed by atoms with E-state index in [1.165, 1.54) is 0 Å². The molecule has 0 aliphatic rings. The minimum absolute atomic E-state index is 0.180. The normalized spacial score (nSPS) is 11.1. The second-order valence-electron chi connectivity index (χ2n) is 5.37. The van der Waals surface area contributed by atoms with E-state index in [4.69, 9.17) is 4.74 Å². The highest BCUT2D eigenvalue weighted by Gasteiger charge is 2.18. The van der Waals surface area contributed by atoms with Gasteiger partial charge in [0.15, 0.2) is 0 Å². The summed E-state index contributed by atoms with van der Waals surface area (Å²) in [4.78, 5) is 12.1. The van der Waals surface area contributed by atoms with Crippen LogP contribution in [0.25, 0.3) is 0 Å². The van der Waals surface area contributed by atoms with E-state index >= 15 is 0 Å². The third kappa shape index (κ3) is 4.56. The van der Waals surface area contributed by atoms with Crippen molar-refractivity contribution in [3.05, 3.63) is 53.6 Å². The maximum atomic E-state index is 12.3. The lowest BCUT2D eigenvalue weighted by atomic mass is 10.2. The smallest absolute Gasteiger partial charge is 0.241 e. The Hall–Kier alpha value is -2.38. The first-order chi connectivity index (χ1) is 11.3. The summed E-state index contributed by atoms with van der Waals surface area (Å²) in [5, 5.41) is 2.62. The molecule has 1 amide bonds. The van der Waals surface area contributed by atoms with Gasteiger partial charge >= 0.3 is 0 Å². The van der Waals surface area contributed by atoms with Crippen molar-refractivity contribution in [1.29, 1.82) is 0 Å². The maximum Gasteiger partial charge on any atom is 0.241 e. The first-order valence-corrected chi connectivity index (χ1v) is 8.81. The third-order valence-electron chi connectivity index (χ3n) is 3.43. The predicted molar refractivity (Wildman–Crippen MR) is 92.7 cm³/mol. The van der Waals surface area contributed by atoms with Gasteiger partial charge in [0.1, 0.15) is 5.75 Å². The minimum Gasteiger partial charge on any atom is -0.497 e. The molecule has 0 saturated carbocycles. The number of rotatable bonds is 6. The largest absolute Gasteiger partial charge is 0.497 e. The van der Waals surface area contributed by atoms with Crippen LogP contribution in [-0.2, 0) is 14.8 Å². The van der Waals surface area contributed by atoms with E-state index in [9.17, 15) is 13.2 Å². The molecule has 0 aliphatic heterocycles. The van der Waals surface area contributed by atoms with Gasteiger partial charge in [0, 0.05) is 5.69 Å². The summed E-state index contributed by atoms with van der Waals surface area (Å²) in [6, 6.07) is 11.9. The van der Waals surface area contributed by atoms with Crippen molar-refractivity contribution >= 4 is 21.6 Å². The number of hydrogen-bond donors (Lipinski definition) is 2. The average Bonchev–Trinajstić information content (AvgIpc) is 2.56. The molecule has 0 heterocycles. The molecule has 0 unspecified atom stereocenters. The molecule has 0 spiro atoms. The molecule has 6 nitrogen and oxygen atoms in total. The molecule has 0 saturated heterocycles. The van der Waals surface area contributed by atoms with E-state index < -0.39 is 15.9 Å². The van der Waals surface area contributed by atoms with Crippen LogP contribution in [0.5, 0.6) is 5.75 Å². The van der Waals surface area contributed by atoms with Crippen molar-refractivity contribution in [1.82, 2.24) is 4.72 Å². The van der Waals surface area contributed by atoms with Gasteiger partial charge in [-0.3, -0.25) is 4.79 Å². The van der Waals surface area contributed by atoms with Gasteiger partial charge in [-0.1, -0.05) is 12.1 Å². The number of nitrogens with one attached hydrogen (secondary N) is 2. The Kier molecular flexibility index (Phi) is 5.58. The summed E-state index contributed by atoms with van der Waals surface area (Å²) in [7, 11) is -2.19. The molecule has 0 atom stereocenters. The minimum atomic E-state index is -3.74. The van der Waals surface area contributed by atoms with Crippen LogP contribution in [-0.4, -0.2) is 28.0 Å². The van der Waals surface area contributed by atoms with Crippen LogP contribution < -0.4 is 14.8 Å². The lowest BCUT2D eigenvalue weighted by Crippen LogP contribution is -2.33. The molecule has 0 aromatic heterocycles. The van der Waals surface area contributed by atoms with E-state index in [1.54, 1.807) is 50.4 Å². The molecule has 7 heteroatoms. The number of methoxy groups -OCH3 is 1. The molecule has 2 N–H and O–H groups in total. The fourth-order valence-electron chi connectivity index (χ4n) is 2.11. The van der Waals surface area contributed by atoms with Crippen LogP contribution in [0.3, 0.4) is 0 Å². The Morgan fingerprint density at radius 3 is 2.38 bits per heavy atom. The zero-order valence-corrected chi connectivity index (χ0v) is 14.6. The highest BCUT2D eigenvalue weighted by molar-refractivity contribution is 7.89. The van der Waals surface area contributed by atoms with E-state index in [0.717, 1.165) is 5.56 Å². The summed E-state index contributed by atoms with van der Waals surface area (Å²) >= 11 is 0. The van der Waals surface area contributed by atoms with Gasteiger partial charge in [-0.15, -0.1) is 0 Å². The lowest BCUT2D eigenvalue weighted by molar-refractivity contribution is -0.115. The van der Waals surface area contributed by atoms with E-state index in [-0.39, 0.29) is 11.4 Å². The van der Waals surface area contributed by atoms with Gasteiger partial charge in [-0.2, -0.15) is 0 Å². The van der Waals surface area contributed by atoms with Crippen LogP contribution in [0, 0.1) is 13.8 Å². The summed E-state index contributed by atoms with van der Waals surface area (Å²) in [5.41, 5.74) is 2.03. The Bertz CT molecular complexity index is 830. The van der Waals surface area contributed by atoms with Crippen molar-refractivity contribution in [2.75, 3.05) is 19.0 Å². The number of carbonyl (C=O) groups is 1. The van der Waals surface area contributed by atoms with Crippen molar-refractivity contribution in [3.63, 3.8) is 0 Å². The Morgan fingerprint density at radius 2 is 1.75 bits per heavy atom. The first-order valence-electron chi connectivity index (χ1n) is 7.32. The number of aryl methyl sites for hydroxylation is 2. The molecule has 2 aromatic rings. The number of benzene rings is 2. The van der Waals surface area contributed by atoms with E-state index in [2.05, 4.69) is 10.0 Å². The molecule has 0 radical (unpaired) electrons. The highest BCUT2D eigenvalue weighted by Crippen LogP contribution is 2.17. The van der Waals surface area contributed by atoms with Gasteiger partial charge in [-0.25, -0.2) is 13.1 Å². The van der Waals surface area contributed by atoms with Gasteiger partial charge in [0.05, 0.1) is 18.6 Å². The fourth-order valence-corrected chi connectivity index (χ4v) is 3.42. The van der Waals surface area contributed by atoms with E-state index in [1.807, 2.05) is 13.0 Å². The number of sulfonamides is 1. The fraction of sp³-hybridized carbons (Fsp3) is 0.235. The number of anilines is 1.